The fraction of sp³-hybridized carbons (Fsp3) is 0.286. The molecule has 1 N–H and O–H groups in total. The smallest absolute Gasteiger partial charge is 0.269 e. The first-order valence-electron chi connectivity index (χ1n) is 12.3. The third kappa shape index (κ3) is 7.64. The molecule has 0 saturated heterocycles. The number of rotatable bonds is 10. The molecular weight excluding hydrogens is 520 g/mol. The van der Waals surface area contributed by atoms with Crippen LogP contribution in [-0.4, -0.2) is 48.2 Å². The number of nitrogens with one attached hydrogen (secondary N) is 1. The minimum absolute atomic E-state index is 0.0516. The van der Waals surface area contributed by atoms with Gasteiger partial charge in [-0.3, -0.25) is 24.0 Å². The second-order valence-electron chi connectivity index (χ2n) is 10.0. The maximum absolute atomic E-state index is 13.8. The van der Waals surface area contributed by atoms with Gasteiger partial charge < -0.3 is 10.2 Å². The number of nitro benzene ring substituents is 1. The van der Waals surface area contributed by atoms with Crippen molar-refractivity contribution in [3.63, 3.8) is 0 Å². The summed E-state index contributed by atoms with van der Waals surface area (Å²) in [6.07, 6.45) is 0. The van der Waals surface area contributed by atoms with Gasteiger partial charge in [-0.15, -0.1) is 0 Å². The van der Waals surface area contributed by atoms with Crippen LogP contribution < -0.4 is 9.62 Å². The Kier molecular flexibility index (Phi) is 9.08. The van der Waals surface area contributed by atoms with Crippen LogP contribution in [0.15, 0.2) is 89.8 Å². The number of nitrogens with zero attached hydrogens (tertiary/aromatic N) is 3. The van der Waals surface area contributed by atoms with E-state index in [1.54, 1.807) is 37.3 Å². The lowest BCUT2D eigenvalue weighted by atomic mass is 10.1. The number of sulfonamides is 1. The van der Waals surface area contributed by atoms with E-state index in [2.05, 4.69) is 5.32 Å². The summed E-state index contributed by atoms with van der Waals surface area (Å²) in [6, 6.07) is 20.6. The Morgan fingerprint density at radius 2 is 1.46 bits per heavy atom. The topological polar surface area (TPSA) is 130 Å². The highest BCUT2D eigenvalue weighted by molar-refractivity contribution is 7.92. The van der Waals surface area contributed by atoms with Crippen LogP contribution in [0.3, 0.4) is 0 Å². The molecule has 0 bridgehead atoms. The van der Waals surface area contributed by atoms with Crippen molar-refractivity contribution in [2.45, 2.75) is 50.7 Å². The molecule has 39 heavy (non-hydrogen) atoms. The highest BCUT2D eigenvalue weighted by atomic mass is 32.2. The molecule has 0 aliphatic rings. The lowest BCUT2D eigenvalue weighted by molar-refractivity contribution is -0.384. The predicted molar refractivity (Wildman–Crippen MR) is 148 cm³/mol. The van der Waals surface area contributed by atoms with E-state index in [0.717, 1.165) is 9.87 Å². The van der Waals surface area contributed by atoms with Gasteiger partial charge in [-0.2, -0.15) is 0 Å². The van der Waals surface area contributed by atoms with E-state index in [1.165, 1.54) is 41.3 Å². The molecule has 3 aromatic rings. The summed E-state index contributed by atoms with van der Waals surface area (Å²) in [5.74, 6) is -1.01. The number of non-ortho nitro benzene ring substituents is 1. The Balaban J connectivity index is 2.03. The predicted octanol–water partition coefficient (Wildman–Crippen LogP) is 4.12. The van der Waals surface area contributed by atoms with E-state index < -0.39 is 39.0 Å². The van der Waals surface area contributed by atoms with Gasteiger partial charge in [0.2, 0.25) is 11.8 Å². The zero-order chi connectivity index (χ0) is 28.8. The summed E-state index contributed by atoms with van der Waals surface area (Å²) in [7, 11) is -4.25. The van der Waals surface area contributed by atoms with Crippen LogP contribution in [0.25, 0.3) is 0 Å². The van der Waals surface area contributed by atoms with Crippen LogP contribution in [0.4, 0.5) is 11.4 Å². The minimum Gasteiger partial charge on any atom is -0.350 e. The molecule has 10 nitrogen and oxygen atoms in total. The molecule has 0 aliphatic heterocycles. The van der Waals surface area contributed by atoms with Crippen LogP contribution in [0.2, 0.25) is 0 Å². The van der Waals surface area contributed by atoms with Gasteiger partial charge in [0, 0.05) is 24.2 Å². The Hall–Kier alpha value is -4.25. The minimum atomic E-state index is -4.25. The fourth-order valence-electron chi connectivity index (χ4n) is 3.83. The fourth-order valence-corrected chi connectivity index (χ4v) is 5.26. The van der Waals surface area contributed by atoms with Gasteiger partial charge in [0.25, 0.3) is 15.7 Å². The molecule has 206 valence electrons. The third-order valence-corrected chi connectivity index (χ3v) is 7.61. The van der Waals surface area contributed by atoms with Gasteiger partial charge in [-0.25, -0.2) is 8.42 Å². The lowest BCUT2D eigenvalue weighted by Gasteiger charge is -2.33. The number of anilines is 1. The van der Waals surface area contributed by atoms with Crippen molar-refractivity contribution < 1.29 is 22.9 Å². The monoisotopic (exact) mass is 552 g/mol. The van der Waals surface area contributed by atoms with Gasteiger partial charge >= 0.3 is 0 Å². The van der Waals surface area contributed by atoms with Crippen molar-refractivity contribution in [3.8, 4) is 0 Å². The van der Waals surface area contributed by atoms with Gasteiger partial charge in [0.1, 0.15) is 12.6 Å². The molecule has 0 radical (unpaired) electrons. The Bertz CT molecular complexity index is 1410. The maximum Gasteiger partial charge on any atom is 0.269 e. The molecular formula is C28H32N4O6S. The molecule has 3 rings (SSSR count). The standard InChI is InChI=1S/C28H32N4O6S/c1-21(27(34)29-28(2,3)4)30(19-22-11-7-5-8-12-22)26(33)20-31(23-15-17-24(18-16-23)32(35)36)39(37,38)25-13-9-6-10-14-25/h5-18,21H,19-20H2,1-4H3,(H,29,34)/t21-/m1/s1. The molecule has 1 atom stereocenters. The van der Waals surface area contributed by atoms with E-state index in [4.69, 9.17) is 0 Å². The summed E-state index contributed by atoms with van der Waals surface area (Å²) >= 11 is 0. The average Bonchev–Trinajstić information content (AvgIpc) is 2.90. The largest absolute Gasteiger partial charge is 0.350 e. The molecule has 0 aromatic heterocycles. The van der Waals surface area contributed by atoms with Crippen molar-refractivity contribution in [1.82, 2.24) is 10.2 Å². The Morgan fingerprint density at radius 1 is 0.923 bits per heavy atom. The maximum atomic E-state index is 13.8. The van der Waals surface area contributed by atoms with Crippen LogP contribution in [0.1, 0.15) is 33.3 Å². The number of carbonyl (C=O) groups is 2. The number of nitro groups is 1. The lowest BCUT2D eigenvalue weighted by Crippen LogP contribution is -2.54. The second kappa shape index (κ2) is 12.1. The van der Waals surface area contributed by atoms with Crippen LogP contribution in [0.5, 0.6) is 0 Å². The Morgan fingerprint density at radius 3 is 1.97 bits per heavy atom. The number of amides is 2. The van der Waals surface area contributed by atoms with Gasteiger partial charge in [0.05, 0.1) is 15.5 Å². The molecule has 3 aromatic carbocycles. The highest BCUT2D eigenvalue weighted by Crippen LogP contribution is 2.26. The van der Waals surface area contributed by atoms with Crippen molar-refractivity contribution in [2.24, 2.45) is 0 Å². The van der Waals surface area contributed by atoms with Gasteiger partial charge in [0.15, 0.2) is 0 Å². The Labute approximate surface area is 228 Å². The number of carbonyl (C=O) groups excluding carboxylic acids is 2. The molecule has 0 unspecified atom stereocenters. The molecule has 0 saturated carbocycles. The first-order valence-corrected chi connectivity index (χ1v) is 13.7. The van der Waals surface area contributed by atoms with Crippen LogP contribution in [0, 0.1) is 10.1 Å². The highest BCUT2D eigenvalue weighted by Gasteiger charge is 2.33. The second-order valence-corrected chi connectivity index (χ2v) is 11.9. The van der Waals surface area contributed by atoms with Gasteiger partial charge in [-0.05, 0) is 57.5 Å². The summed E-state index contributed by atoms with van der Waals surface area (Å²) < 4.78 is 28.3. The summed E-state index contributed by atoms with van der Waals surface area (Å²) in [4.78, 5) is 38.7. The number of hydrogen-bond donors (Lipinski definition) is 1. The van der Waals surface area contributed by atoms with E-state index in [-0.39, 0.29) is 28.7 Å². The molecule has 0 aliphatic carbocycles. The third-order valence-electron chi connectivity index (χ3n) is 5.82. The molecule has 2 amide bonds. The van der Waals surface area contributed by atoms with Crippen LogP contribution in [-0.2, 0) is 26.2 Å². The molecule has 0 fully saturated rings. The quantitative estimate of drug-likeness (QED) is 0.297. The van der Waals surface area contributed by atoms with Crippen molar-refractivity contribution in [3.05, 3.63) is 101 Å². The van der Waals surface area contributed by atoms with Gasteiger partial charge in [-0.1, -0.05) is 48.5 Å². The normalized spacial score (nSPS) is 12.3. The van der Waals surface area contributed by atoms with E-state index in [0.29, 0.717) is 0 Å². The number of benzene rings is 3. The SMILES string of the molecule is C[C@H](C(=O)NC(C)(C)C)N(Cc1ccccc1)C(=O)CN(c1ccc([N+](=O)[O-])cc1)S(=O)(=O)c1ccccc1. The van der Waals surface area contributed by atoms with E-state index in [9.17, 15) is 28.1 Å². The average molecular weight is 553 g/mol. The first kappa shape index (κ1) is 29.3. The zero-order valence-electron chi connectivity index (χ0n) is 22.3. The molecule has 11 heteroatoms. The number of hydrogen-bond acceptors (Lipinski definition) is 6. The van der Waals surface area contributed by atoms with Crippen molar-refractivity contribution >= 4 is 33.2 Å². The summed E-state index contributed by atoms with van der Waals surface area (Å²) in [6.45, 7) is 6.49. The van der Waals surface area contributed by atoms with Crippen molar-refractivity contribution in [1.29, 1.82) is 0 Å². The molecule has 0 heterocycles. The van der Waals surface area contributed by atoms with Crippen molar-refractivity contribution in [2.75, 3.05) is 10.8 Å². The van der Waals surface area contributed by atoms with E-state index in [1.807, 2.05) is 39.0 Å². The summed E-state index contributed by atoms with van der Waals surface area (Å²) in [5.41, 5.74) is 0.0625. The van der Waals surface area contributed by atoms with Crippen LogP contribution >= 0.6 is 0 Å². The van der Waals surface area contributed by atoms with E-state index >= 15 is 0 Å². The zero-order valence-corrected chi connectivity index (χ0v) is 23.1. The molecule has 0 spiro atoms. The summed E-state index contributed by atoms with van der Waals surface area (Å²) in [5, 5.41) is 14.0. The first-order chi connectivity index (χ1) is 18.3.